The second-order valence-corrected chi connectivity index (χ2v) is 6.17. The maximum Gasteiger partial charge on any atom is 0.160 e. The zero-order valence-electron chi connectivity index (χ0n) is 13.2. The first kappa shape index (κ1) is 17.6. The molecule has 1 aromatic heterocycles. The molecule has 0 amide bonds. The second-order valence-electron chi connectivity index (χ2n) is 5.09. The fourth-order valence-electron chi connectivity index (χ4n) is 2.07. The summed E-state index contributed by atoms with van der Waals surface area (Å²) >= 11 is 2.34. The van der Waals surface area contributed by atoms with E-state index in [-0.39, 0.29) is 6.10 Å². The summed E-state index contributed by atoms with van der Waals surface area (Å²) in [5.74, 6) is 2.10. The van der Waals surface area contributed by atoms with E-state index in [9.17, 15) is 0 Å². The van der Waals surface area contributed by atoms with Crippen molar-refractivity contribution in [2.45, 2.75) is 53.6 Å². The minimum absolute atomic E-state index is 0.0370. The second kappa shape index (κ2) is 8.77. The molecule has 1 aromatic rings. The third-order valence-corrected chi connectivity index (χ3v) is 4.11. The summed E-state index contributed by atoms with van der Waals surface area (Å²) in [6.45, 7) is 12.1. The van der Waals surface area contributed by atoms with Gasteiger partial charge in [0.2, 0.25) is 0 Å². The van der Waals surface area contributed by atoms with Gasteiger partial charge in [0.25, 0.3) is 0 Å². The average Bonchev–Trinajstić information content (AvgIpc) is 2.40. The number of aryl methyl sites for hydroxylation is 1. The molecule has 0 aliphatic rings. The maximum absolute atomic E-state index is 5.84. The summed E-state index contributed by atoms with van der Waals surface area (Å²) in [6.07, 6.45) is 2.02. The SMILES string of the molecule is CCCc1nc(C(OCC)C(C)C)nc(NCC)c1I. The van der Waals surface area contributed by atoms with Crippen LogP contribution in [0.5, 0.6) is 0 Å². The lowest BCUT2D eigenvalue weighted by Crippen LogP contribution is -2.18. The maximum atomic E-state index is 5.84. The predicted molar refractivity (Wildman–Crippen MR) is 92.1 cm³/mol. The number of anilines is 1. The van der Waals surface area contributed by atoms with Crippen molar-refractivity contribution in [2.24, 2.45) is 5.92 Å². The molecule has 1 atom stereocenters. The van der Waals surface area contributed by atoms with Gasteiger partial charge in [0.1, 0.15) is 11.9 Å². The molecule has 20 heavy (non-hydrogen) atoms. The van der Waals surface area contributed by atoms with E-state index in [2.05, 4.69) is 55.6 Å². The van der Waals surface area contributed by atoms with E-state index in [1.807, 2.05) is 6.92 Å². The molecule has 1 heterocycles. The number of halogens is 1. The summed E-state index contributed by atoms with van der Waals surface area (Å²) in [5, 5.41) is 3.34. The number of hydrogen-bond donors (Lipinski definition) is 1. The minimum atomic E-state index is -0.0370. The summed E-state index contributed by atoms with van der Waals surface area (Å²) in [7, 11) is 0. The van der Waals surface area contributed by atoms with E-state index in [1.54, 1.807) is 0 Å². The van der Waals surface area contributed by atoms with E-state index < -0.39 is 0 Å². The van der Waals surface area contributed by atoms with E-state index >= 15 is 0 Å². The Morgan fingerprint density at radius 1 is 1.20 bits per heavy atom. The molecule has 0 saturated carbocycles. The quantitative estimate of drug-likeness (QED) is 0.675. The molecule has 0 bridgehead atoms. The van der Waals surface area contributed by atoms with E-state index in [1.165, 1.54) is 0 Å². The van der Waals surface area contributed by atoms with Gasteiger partial charge in [-0.15, -0.1) is 0 Å². The molecule has 114 valence electrons. The van der Waals surface area contributed by atoms with Crippen molar-refractivity contribution in [3.8, 4) is 0 Å². The number of hydrogen-bond acceptors (Lipinski definition) is 4. The van der Waals surface area contributed by atoms with Crippen molar-refractivity contribution in [1.82, 2.24) is 9.97 Å². The monoisotopic (exact) mass is 391 g/mol. The van der Waals surface area contributed by atoms with Crippen LogP contribution < -0.4 is 5.32 Å². The Bertz CT molecular complexity index is 397. The first-order valence-corrected chi connectivity index (χ1v) is 8.54. The van der Waals surface area contributed by atoms with Crippen molar-refractivity contribution < 1.29 is 4.74 Å². The Balaban J connectivity index is 3.23. The van der Waals surface area contributed by atoms with Gasteiger partial charge in [-0.2, -0.15) is 0 Å². The predicted octanol–water partition coefficient (Wildman–Crippen LogP) is 4.20. The Hall–Kier alpha value is -0.430. The number of nitrogens with zero attached hydrogens (tertiary/aromatic N) is 2. The molecule has 1 rings (SSSR count). The van der Waals surface area contributed by atoms with Crippen LogP contribution in [0.25, 0.3) is 0 Å². The molecule has 0 aliphatic carbocycles. The topological polar surface area (TPSA) is 47.0 Å². The van der Waals surface area contributed by atoms with Crippen molar-refractivity contribution in [2.75, 3.05) is 18.5 Å². The van der Waals surface area contributed by atoms with E-state index in [0.29, 0.717) is 12.5 Å². The zero-order chi connectivity index (χ0) is 15.1. The molecule has 0 saturated heterocycles. The molecule has 0 aromatic carbocycles. The van der Waals surface area contributed by atoms with Crippen LogP contribution in [0.1, 0.15) is 58.7 Å². The molecular weight excluding hydrogens is 365 g/mol. The van der Waals surface area contributed by atoms with Crippen LogP contribution in [-0.4, -0.2) is 23.1 Å². The van der Waals surface area contributed by atoms with Crippen LogP contribution >= 0.6 is 22.6 Å². The van der Waals surface area contributed by atoms with E-state index in [4.69, 9.17) is 14.7 Å². The van der Waals surface area contributed by atoms with Crippen molar-refractivity contribution in [3.05, 3.63) is 15.1 Å². The number of aromatic nitrogens is 2. The van der Waals surface area contributed by atoms with Gasteiger partial charge in [0, 0.05) is 13.2 Å². The fourth-order valence-corrected chi connectivity index (χ4v) is 2.77. The van der Waals surface area contributed by atoms with Crippen LogP contribution in [0.2, 0.25) is 0 Å². The van der Waals surface area contributed by atoms with Crippen LogP contribution in [-0.2, 0) is 11.2 Å². The normalized spacial score (nSPS) is 12.8. The van der Waals surface area contributed by atoms with Gasteiger partial charge in [-0.3, -0.25) is 0 Å². The van der Waals surface area contributed by atoms with Gasteiger partial charge in [-0.05, 0) is 48.8 Å². The summed E-state index contributed by atoms with van der Waals surface area (Å²) in [5.41, 5.74) is 1.12. The number of ether oxygens (including phenoxy) is 1. The third kappa shape index (κ3) is 4.55. The minimum Gasteiger partial charge on any atom is -0.370 e. The van der Waals surface area contributed by atoms with E-state index in [0.717, 1.165) is 40.3 Å². The molecule has 4 nitrogen and oxygen atoms in total. The molecule has 0 radical (unpaired) electrons. The Morgan fingerprint density at radius 2 is 1.90 bits per heavy atom. The fraction of sp³-hybridized carbons (Fsp3) is 0.733. The smallest absolute Gasteiger partial charge is 0.160 e. The van der Waals surface area contributed by atoms with Crippen molar-refractivity contribution in [1.29, 1.82) is 0 Å². The molecule has 1 unspecified atom stereocenters. The molecule has 0 aliphatic heterocycles. The van der Waals surface area contributed by atoms with Gasteiger partial charge in [-0.1, -0.05) is 27.2 Å². The number of nitrogens with one attached hydrogen (secondary N) is 1. The highest BCUT2D eigenvalue weighted by Gasteiger charge is 2.22. The average molecular weight is 391 g/mol. The summed E-state index contributed by atoms with van der Waals surface area (Å²) in [4.78, 5) is 9.45. The van der Waals surface area contributed by atoms with Gasteiger partial charge < -0.3 is 10.1 Å². The lowest BCUT2D eigenvalue weighted by atomic mass is 10.1. The highest BCUT2D eigenvalue weighted by atomic mass is 127. The van der Waals surface area contributed by atoms with Crippen LogP contribution in [0.3, 0.4) is 0 Å². The molecule has 0 fully saturated rings. The zero-order valence-corrected chi connectivity index (χ0v) is 15.3. The molecule has 5 heteroatoms. The largest absolute Gasteiger partial charge is 0.370 e. The van der Waals surface area contributed by atoms with Crippen molar-refractivity contribution in [3.63, 3.8) is 0 Å². The third-order valence-electron chi connectivity index (χ3n) is 2.97. The van der Waals surface area contributed by atoms with Gasteiger partial charge in [0.05, 0.1) is 9.26 Å². The first-order chi connectivity index (χ1) is 9.54. The van der Waals surface area contributed by atoms with Crippen LogP contribution in [0.4, 0.5) is 5.82 Å². The van der Waals surface area contributed by atoms with Gasteiger partial charge in [-0.25, -0.2) is 9.97 Å². The van der Waals surface area contributed by atoms with Crippen molar-refractivity contribution >= 4 is 28.4 Å². The standard InChI is InChI=1S/C15H26IN3O/c1-6-9-11-12(16)14(17-7-2)19-15(18-11)13(10(4)5)20-8-3/h10,13H,6-9H2,1-5H3,(H,17,18,19). The highest BCUT2D eigenvalue weighted by molar-refractivity contribution is 14.1. The molecule has 1 N–H and O–H groups in total. The van der Waals surface area contributed by atoms with Crippen LogP contribution in [0, 0.1) is 9.49 Å². The number of rotatable bonds is 8. The Kier molecular flexibility index (Phi) is 7.72. The van der Waals surface area contributed by atoms with Gasteiger partial charge >= 0.3 is 0 Å². The lowest BCUT2D eigenvalue weighted by Gasteiger charge is -2.21. The Labute approximate surface area is 136 Å². The van der Waals surface area contributed by atoms with Gasteiger partial charge in [0.15, 0.2) is 5.82 Å². The molecular formula is C15H26IN3O. The highest BCUT2D eigenvalue weighted by Crippen LogP contribution is 2.27. The first-order valence-electron chi connectivity index (χ1n) is 7.46. The summed E-state index contributed by atoms with van der Waals surface area (Å²) in [6, 6.07) is 0. The Morgan fingerprint density at radius 3 is 2.40 bits per heavy atom. The summed E-state index contributed by atoms with van der Waals surface area (Å²) < 4.78 is 6.97. The molecule has 0 spiro atoms. The lowest BCUT2D eigenvalue weighted by molar-refractivity contribution is 0.0231. The van der Waals surface area contributed by atoms with Crippen LogP contribution in [0.15, 0.2) is 0 Å².